The molecule has 1 aromatic carbocycles. The number of nitrogens with one attached hydrogen (secondary N) is 2. The van der Waals surface area contributed by atoms with Crippen LogP contribution in [0.2, 0.25) is 0 Å². The van der Waals surface area contributed by atoms with Crippen LogP contribution in [-0.2, 0) is 4.79 Å². The van der Waals surface area contributed by atoms with Crippen molar-refractivity contribution in [1.82, 2.24) is 15.5 Å². The molecule has 1 fully saturated rings. The number of benzene rings is 1. The summed E-state index contributed by atoms with van der Waals surface area (Å²) >= 11 is 1.84. The van der Waals surface area contributed by atoms with Crippen LogP contribution in [0.15, 0.2) is 40.2 Å². The van der Waals surface area contributed by atoms with E-state index in [1.165, 1.54) is 4.90 Å². The van der Waals surface area contributed by atoms with E-state index < -0.39 is 0 Å². The lowest BCUT2D eigenvalue weighted by molar-refractivity contribution is -0.123. The highest BCUT2D eigenvalue weighted by atomic mass is 127. The third kappa shape index (κ3) is 9.97. The molecule has 0 unspecified atom stereocenters. The van der Waals surface area contributed by atoms with E-state index in [0.717, 1.165) is 70.1 Å². The maximum Gasteiger partial charge on any atom is 0.220 e. The van der Waals surface area contributed by atoms with Crippen molar-refractivity contribution in [1.29, 1.82) is 0 Å². The minimum atomic E-state index is -0.139. The Hall–Kier alpha value is -1.000. The number of carbonyl (C=O) groups excluding carboxylic acids is 1. The summed E-state index contributed by atoms with van der Waals surface area (Å²) in [5.41, 5.74) is 5.38. The molecule has 28 heavy (non-hydrogen) atoms. The van der Waals surface area contributed by atoms with E-state index >= 15 is 0 Å². The van der Waals surface area contributed by atoms with Crippen molar-refractivity contribution in [2.24, 2.45) is 16.6 Å². The van der Waals surface area contributed by atoms with Crippen LogP contribution < -0.4 is 16.4 Å². The van der Waals surface area contributed by atoms with Crippen molar-refractivity contribution in [3.63, 3.8) is 0 Å². The van der Waals surface area contributed by atoms with Gasteiger partial charge >= 0.3 is 0 Å². The Morgan fingerprint density at radius 2 is 1.86 bits per heavy atom. The van der Waals surface area contributed by atoms with E-state index in [4.69, 9.17) is 5.73 Å². The standard InChI is InChI=1S/C20H33N5OS.HI/c1-22-20(24-12-16-27-18-7-3-2-4-8-18)23-11-5-6-13-25-14-9-17(10-15-25)19(21)26;/h2-4,7-8,17H,5-6,9-16H2,1H3,(H2,21,26)(H2,22,23,24);1H. The lowest BCUT2D eigenvalue weighted by atomic mass is 9.96. The monoisotopic (exact) mass is 519 g/mol. The number of hydrogen-bond acceptors (Lipinski definition) is 4. The van der Waals surface area contributed by atoms with Crippen LogP contribution in [0.25, 0.3) is 0 Å². The molecule has 158 valence electrons. The van der Waals surface area contributed by atoms with Gasteiger partial charge < -0.3 is 21.3 Å². The number of thioether (sulfide) groups is 1. The fraction of sp³-hybridized carbons (Fsp3) is 0.600. The fourth-order valence-electron chi connectivity index (χ4n) is 3.18. The molecule has 1 aromatic rings. The lowest BCUT2D eigenvalue weighted by Gasteiger charge is -2.30. The molecule has 6 nitrogen and oxygen atoms in total. The highest BCUT2D eigenvalue weighted by Gasteiger charge is 2.22. The second-order valence-electron chi connectivity index (χ2n) is 6.81. The van der Waals surface area contributed by atoms with Crippen LogP contribution in [0.3, 0.4) is 0 Å². The van der Waals surface area contributed by atoms with Gasteiger partial charge in [0.1, 0.15) is 0 Å². The quantitative estimate of drug-likeness (QED) is 0.146. The van der Waals surface area contributed by atoms with Crippen molar-refractivity contribution in [2.45, 2.75) is 30.6 Å². The summed E-state index contributed by atoms with van der Waals surface area (Å²) in [4.78, 5) is 19.2. The molecule has 1 heterocycles. The van der Waals surface area contributed by atoms with Gasteiger partial charge in [-0.15, -0.1) is 35.7 Å². The number of amides is 1. The Morgan fingerprint density at radius 1 is 1.18 bits per heavy atom. The Bertz CT molecular complexity index is 579. The summed E-state index contributed by atoms with van der Waals surface area (Å²) in [7, 11) is 1.81. The van der Waals surface area contributed by atoms with Crippen molar-refractivity contribution in [3.8, 4) is 0 Å². The predicted molar refractivity (Wildman–Crippen MR) is 130 cm³/mol. The Labute approximate surface area is 190 Å². The summed E-state index contributed by atoms with van der Waals surface area (Å²) in [5.74, 6) is 1.81. The summed E-state index contributed by atoms with van der Waals surface area (Å²) in [6, 6.07) is 10.4. The highest BCUT2D eigenvalue weighted by Crippen LogP contribution is 2.17. The largest absolute Gasteiger partial charge is 0.369 e. The van der Waals surface area contributed by atoms with E-state index in [1.807, 2.05) is 24.9 Å². The van der Waals surface area contributed by atoms with Crippen LogP contribution in [-0.4, -0.2) is 62.3 Å². The van der Waals surface area contributed by atoms with E-state index in [0.29, 0.717) is 0 Å². The molecule has 1 aliphatic rings. The molecule has 8 heteroatoms. The molecule has 4 N–H and O–H groups in total. The van der Waals surface area contributed by atoms with Crippen LogP contribution in [0.5, 0.6) is 0 Å². The van der Waals surface area contributed by atoms with E-state index in [1.54, 1.807) is 0 Å². The van der Waals surface area contributed by atoms with Gasteiger partial charge in [0.2, 0.25) is 5.91 Å². The van der Waals surface area contributed by atoms with Crippen LogP contribution in [0.1, 0.15) is 25.7 Å². The Kier molecular flexibility index (Phi) is 13.3. The van der Waals surface area contributed by atoms with Gasteiger partial charge in [0.25, 0.3) is 0 Å². The van der Waals surface area contributed by atoms with Crippen molar-refractivity contribution >= 4 is 47.6 Å². The number of likely N-dealkylation sites (tertiary alicyclic amines) is 1. The van der Waals surface area contributed by atoms with Crippen molar-refractivity contribution < 1.29 is 4.79 Å². The second-order valence-corrected chi connectivity index (χ2v) is 7.98. The first kappa shape index (κ1) is 25.0. The number of rotatable bonds is 10. The average molecular weight is 519 g/mol. The normalized spacial score (nSPS) is 15.7. The summed E-state index contributed by atoms with van der Waals surface area (Å²) in [6.07, 6.45) is 4.07. The van der Waals surface area contributed by atoms with E-state index in [9.17, 15) is 4.79 Å². The third-order valence-electron chi connectivity index (χ3n) is 4.81. The number of nitrogens with zero attached hydrogens (tertiary/aromatic N) is 2. The third-order valence-corrected chi connectivity index (χ3v) is 5.83. The first-order valence-corrected chi connectivity index (χ1v) is 10.8. The number of hydrogen-bond donors (Lipinski definition) is 3. The van der Waals surface area contributed by atoms with Crippen molar-refractivity contribution in [3.05, 3.63) is 30.3 Å². The molecule has 1 aliphatic heterocycles. The van der Waals surface area contributed by atoms with Gasteiger partial charge in [-0.3, -0.25) is 9.79 Å². The molecular formula is C20H34IN5OS. The Morgan fingerprint density at radius 3 is 2.50 bits per heavy atom. The molecule has 0 atom stereocenters. The number of nitrogens with two attached hydrogens (primary N) is 1. The number of primary amides is 1. The van der Waals surface area contributed by atoms with Gasteiger partial charge in [-0.05, 0) is 57.5 Å². The first-order valence-electron chi connectivity index (χ1n) is 9.83. The molecule has 0 aliphatic carbocycles. The summed E-state index contributed by atoms with van der Waals surface area (Å²) < 4.78 is 0. The van der Waals surface area contributed by atoms with E-state index in [2.05, 4.69) is 44.8 Å². The molecule has 0 aromatic heterocycles. The molecule has 0 saturated carbocycles. The van der Waals surface area contributed by atoms with Gasteiger partial charge in [-0.1, -0.05) is 18.2 Å². The maximum absolute atomic E-state index is 11.2. The number of guanidine groups is 1. The zero-order valence-corrected chi connectivity index (χ0v) is 19.9. The predicted octanol–water partition coefficient (Wildman–Crippen LogP) is 2.54. The van der Waals surface area contributed by atoms with Crippen LogP contribution in [0, 0.1) is 5.92 Å². The zero-order valence-electron chi connectivity index (χ0n) is 16.7. The maximum atomic E-state index is 11.2. The summed E-state index contributed by atoms with van der Waals surface area (Å²) in [6.45, 7) is 4.87. The Balaban J connectivity index is 0.00000392. The van der Waals surface area contributed by atoms with Gasteiger partial charge in [0.15, 0.2) is 5.96 Å². The number of carbonyl (C=O) groups is 1. The number of unbranched alkanes of at least 4 members (excludes halogenated alkanes) is 1. The molecule has 0 spiro atoms. The van der Waals surface area contributed by atoms with Gasteiger partial charge in [0, 0.05) is 36.7 Å². The van der Waals surface area contributed by atoms with Gasteiger partial charge in [-0.2, -0.15) is 0 Å². The first-order chi connectivity index (χ1) is 13.2. The SMILES string of the molecule is CN=C(NCCCCN1CCC(C(N)=O)CC1)NCCSc1ccccc1.I. The van der Waals surface area contributed by atoms with Crippen LogP contribution in [0.4, 0.5) is 0 Å². The minimum Gasteiger partial charge on any atom is -0.369 e. The van der Waals surface area contributed by atoms with E-state index in [-0.39, 0.29) is 35.8 Å². The highest BCUT2D eigenvalue weighted by molar-refractivity contribution is 14.0. The molecule has 0 bridgehead atoms. The molecular weight excluding hydrogens is 485 g/mol. The molecule has 1 amide bonds. The topological polar surface area (TPSA) is 82.8 Å². The summed E-state index contributed by atoms with van der Waals surface area (Å²) in [5, 5.41) is 6.74. The number of piperidine rings is 1. The fourth-order valence-corrected chi connectivity index (χ4v) is 3.97. The lowest BCUT2D eigenvalue weighted by Crippen LogP contribution is -2.40. The molecule has 0 radical (unpaired) electrons. The van der Waals surface area contributed by atoms with Crippen LogP contribution >= 0.6 is 35.7 Å². The van der Waals surface area contributed by atoms with Crippen molar-refractivity contribution in [2.75, 3.05) is 45.5 Å². The minimum absolute atomic E-state index is 0. The number of halogens is 1. The molecule has 1 saturated heterocycles. The second kappa shape index (κ2) is 14.9. The zero-order chi connectivity index (χ0) is 19.3. The van der Waals surface area contributed by atoms with Gasteiger partial charge in [-0.25, -0.2) is 0 Å². The molecule has 2 rings (SSSR count). The average Bonchev–Trinajstić information content (AvgIpc) is 2.70. The smallest absolute Gasteiger partial charge is 0.220 e. The number of aliphatic imine (C=N–C) groups is 1. The van der Waals surface area contributed by atoms with Gasteiger partial charge in [0.05, 0.1) is 0 Å².